The van der Waals surface area contributed by atoms with E-state index in [2.05, 4.69) is 10.6 Å². The number of anilines is 1. The van der Waals surface area contributed by atoms with Crippen LogP contribution in [0.25, 0.3) is 0 Å². The van der Waals surface area contributed by atoms with Crippen LogP contribution in [0, 0.1) is 23.2 Å². The van der Waals surface area contributed by atoms with Crippen molar-refractivity contribution in [3.63, 3.8) is 0 Å². The van der Waals surface area contributed by atoms with Crippen molar-refractivity contribution in [2.24, 2.45) is 23.2 Å². The minimum Gasteiger partial charge on any atom is -0.497 e. The zero-order valence-electron chi connectivity index (χ0n) is 15.4. The highest BCUT2D eigenvalue weighted by atomic mass is 16.5. The molecule has 2 N–H and O–H groups in total. The number of ether oxygens (including phenoxy) is 1. The topological polar surface area (TPSA) is 67.4 Å². The molecule has 0 spiro atoms. The van der Waals surface area contributed by atoms with Crippen molar-refractivity contribution in [2.45, 2.75) is 44.9 Å². The van der Waals surface area contributed by atoms with Gasteiger partial charge in [-0.25, -0.2) is 0 Å². The van der Waals surface area contributed by atoms with Crippen molar-refractivity contribution in [3.8, 4) is 5.75 Å². The fraction of sp³-hybridized carbons (Fsp3) is 0.619. The first-order chi connectivity index (χ1) is 12.6. The lowest BCUT2D eigenvalue weighted by atomic mass is 9.49. The Kier molecular flexibility index (Phi) is 4.63. The maximum absolute atomic E-state index is 12.9. The van der Waals surface area contributed by atoms with Crippen LogP contribution in [0.5, 0.6) is 5.75 Å². The molecular weight excluding hydrogens is 328 g/mol. The molecule has 1 aromatic carbocycles. The number of hydrogen-bond acceptors (Lipinski definition) is 3. The zero-order valence-corrected chi connectivity index (χ0v) is 15.4. The molecule has 5 rings (SSSR count). The summed E-state index contributed by atoms with van der Waals surface area (Å²) in [6.45, 7) is 0.399. The number of hydrogen-bond donors (Lipinski definition) is 2. The molecule has 2 amide bonds. The standard InChI is InChI=1S/C21H28N2O3/c1-26-18-4-2-3-17(10-18)23-19(24)5-6-22-20(25)21-11-14-7-15(12-21)9-16(8-14)13-21/h2-4,10,14-16H,5-9,11-13H2,1H3,(H,22,25)(H,23,24). The molecule has 140 valence electrons. The summed E-state index contributed by atoms with van der Waals surface area (Å²) < 4.78 is 5.16. The summed E-state index contributed by atoms with van der Waals surface area (Å²) in [5.41, 5.74) is 0.569. The van der Waals surface area contributed by atoms with E-state index in [1.165, 1.54) is 19.3 Å². The van der Waals surface area contributed by atoms with E-state index in [1.54, 1.807) is 13.2 Å². The van der Waals surface area contributed by atoms with E-state index < -0.39 is 0 Å². The van der Waals surface area contributed by atoms with Crippen molar-refractivity contribution in [2.75, 3.05) is 19.0 Å². The molecule has 4 aliphatic carbocycles. The Bertz CT molecular complexity index is 665. The van der Waals surface area contributed by atoms with Crippen molar-refractivity contribution in [1.29, 1.82) is 0 Å². The quantitative estimate of drug-likeness (QED) is 0.821. The van der Waals surface area contributed by atoms with E-state index in [-0.39, 0.29) is 23.7 Å². The lowest BCUT2D eigenvalue weighted by Crippen LogP contribution is -2.53. The predicted octanol–water partition coefficient (Wildman–Crippen LogP) is 3.36. The number of nitrogens with one attached hydrogen (secondary N) is 2. The molecule has 5 nitrogen and oxygen atoms in total. The van der Waals surface area contributed by atoms with E-state index in [0.717, 1.165) is 37.0 Å². The monoisotopic (exact) mass is 356 g/mol. The third-order valence-corrected chi connectivity index (χ3v) is 6.51. The Morgan fingerprint density at radius 1 is 1.12 bits per heavy atom. The van der Waals surface area contributed by atoms with E-state index in [4.69, 9.17) is 4.74 Å². The van der Waals surface area contributed by atoms with Crippen LogP contribution in [0.1, 0.15) is 44.9 Å². The molecule has 4 fully saturated rings. The Labute approximate surface area is 154 Å². The summed E-state index contributed by atoms with van der Waals surface area (Å²) in [5.74, 6) is 3.06. The van der Waals surface area contributed by atoms with Gasteiger partial charge in [0.05, 0.1) is 7.11 Å². The Balaban J connectivity index is 1.26. The van der Waals surface area contributed by atoms with Crippen LogP contribution in [0.15, 0.2) is 24.3 Å². The highest BCUT2D eigenvalue weighted by Crippen LogP contribution is 2.60. The molecule has 26 heavy (non-hydrogen) atoms. The van der Waals surface area contributed by atoms with E-state index >= 15 is 0 Å². The third kappa shape index (κ3) is 3.44. The van der Waals surface area contributed by atoms with E-state index in [9.17, 15) is 9.59 Å². The number of carbonyl (C=O) groups excluding carboxylic acids is 2. The number of methoxy groups -OCH3 is 1. The maximum atomic E-state index is 12.9. The Morgan fingerprint density at radius 3 is 2.38 bits per heavy atom. The lowest BCUT2D eigenvalue weighted by molar-refractivity contribution is -0.146. The van der Waals surface area contributed by atoms with Crippen LogP contribution in [-0.4, -0.2) is 25.5 Å². The molecule has 1 aromatic rings. The molecule has 4 saturated carbocycles. The summed E-state index contributed by atoms with van der Waals surface area (Å²) >= 11 is 0. The maximum Gasteiger partial charge on any atom is 0.226 e. The molecule has 0 aromatic heterocycles. The van der Waals surface area contributed by atoms with Crippen LogP contribution in [-0.2, 0) is 9.59 Å². The van der Waals surface area contributed by atoms with Gasteiger partial charge in [-0.2, -0.15) is 0 Å². The van der Waals surface area contributed by atoms with Gasteiger partial charge in [-0.15, -0.1) is 0 Å². The lowest BCUT2D eigenvalue weighted by Gasteiger charge is -2.55. The van der Waals surface area contributed by atoms with Gasteiger partial charge in [-0.1, -0.05) is 6.07 Å². The van der Waals surface area contributed by atoms with Crippen LogP contribution >= 0.6 is 0 Å². The largest absolute Gasteiger partial charge is 0.497 e. The molecular formula is C21H28N2O3. The predicted molar refractivity (Wildman–Crippen MR) is 99.9 cm³/mol. The summed E-state index contributed by atoms with van der Waals surface area (Å²) in [6, 6.07) is 7.28. The first-order valence-electron chi connectivity index (χ1n) is 9.78. The van der Waals surface area contributed by atoms with Gasteiger partial charge in [0.25, 0.3) is 0 Å². The number of amides is 2. The fourth-order valence-corrected chi connectivity index (χ4v) is 5.79. The second-order valence-corrected chi connectivity index (χ2v) is 8.48. The van der Waals surface area contributed by atoms with Gasteiger partial charge in [0, 0.05) is 30.1 Å². The van der Waals surface area contributed by atoms with Crippen LogP contribution in [0.3, 0.4) is 0 Å². The molecule has 0 radical (unpaired) electrons. The number of rotatable bonds is 6. The summed E-state index contributed by atoms with van der Waals surface area (Å²) in [4.78, 5) is 25.0. The smallest absolute Gasteiger partial charge is 0.226 e. The fourth-order valence-electron chi connectivity index (χ4n) is 5.79. The minimum absolute atomic E-state index is 0.0935. The first kappa shape index (κ1) is 17.4. The molecule has 4 bridgehead atoms. The average Bonchev–Trinajstić information content (AvgIpc) is 2.60. The highest BCUT2D eigenvalue weighted by Gasteiger charge is 2.54. The third-order valence-electron chi connectivity index (χ3n) is 6.51. The summed E-state index contributed by atoms with van der Waals surface area (Å²) in [6.07, 6.45) is 7.44. The van der Waals surface area contributed by atoms with E-state index in [1.807, 2.05) is 18.2 Å². The molecule has 5 heteroatoms. The van der Waals surface area contributed by atoms with Gasteiger partial charge in [0.1, 0.15) is 5.75 Å². The normalized spacial score (nSPS) is 31.5. The zero-order chi connectivity index (χ0) is 18.1. The van der Waals surface area contributed by atoms with Gasteiger partial charge >= 0.3 is 0 Å². The van der Waals surface area contributed by atoms with Gasteiger partial charge in [-0.05, 0) is 68.4 Å². The van der Waals surface area contributed by atoms with E-state index in [0.29, 0.717) is 18.0 Å². The number of carbonyl (C=O) groups is 2. The second-order valence-electron chi connectivity index (χ2n) is 8.48. The molecule has 0 saturated heterocycles. The van der Waals surface area contributed by atoms with Gasteiger partial charge in [-0.3, -0.25) is 9.59 Å². The summed E-state index contributed by atoms with van der Waals surface area (Å²) in [7, 11) is 1.60. The molecule has 4 aliphatic rings. The van der Waals surface area contributed by atoms with Crippen molar-refractivity contribution in [3.05, 3.63) is 24.3 Å². The molecule has 0 atom stereocenters. The van der Waals surface area contributed by atoms with Crippen LogP contribution in [0.2, 0.25) is 0 Å². The molecule has 0 unspecified atom stereocenters. The highest BCUT2D eigenvalue weighted by molar-refractivity contribution is 5.91. The molecule has 0 aliphatic heterocycles. The number of benzene rings is 1. The van der Waals surface area contributed by atoms with Crippen LogP contribution < -0.4 is 15.4 Å². The Hall–Kier alpha value is -2.04. The second kappa shape index (κ2) is 6.93. The average molecular weight is 356 g/mol. The SMILES string of the molecule is COc1cccc(NC(=O)CCNC(=O)C23CC4CC(CC(C4)C2)C3)c1. The minimum atomic E-state index is -0.141. The van der Waals surface area contributed by atoms with Gasteiger partial charge in [0.2, 0.25) is 11.8 Å². The van der Waals surface area contributed by atoms with Crippen molar-refractivity contribution >= 4 is 17.5 Å². The van der Waals surface area contributed by atoms with Crippen molar-refractivity contribution < 1.29 is 14.3 Å². The van der Waals surface area contributed by atoms with Crippen LogP contribution in [0.4, 0.5) is 5.69 Å². The molecule has 0 heterocycles. The van der Waals surface area contributed by atoms with Gasteiger partial charge < -0.3 is 15.4 Å². The van der Waals surface area contributed by atoms with Gasteiger partial charge in [0.15, 0.2) is 0 Å². The van der Waals surface area contributed by atoms with Crippen molar-refractivity contribution in [1.82, 2.24) is 5.32 Å². The first-order valence-corrected chi connectivity index (χ1v) is 9.78. The Morgan fingerprint density at radius 2 is 1.77 bits per heavy atom. The summed E-state index contributed by atoms with van der Waals surface area (Å²) in [5, 5.41) is 5.91.